The molecule has 0 aliphatic carbocycles. The van der Waals surface area contributed by atoms with Crippen molar-refractivity contribution in [2.75, 3.05) is 0 Å². The van der Waals surface area contributed by atoms with Crippen molar-refractivity contribution in [3.05, 3.63) is 51.7 Å². The summed E-state index contributed by atoms with van der Waals surface area (Å²) in [6.45, 7) is 3.03. The van der Waals surface area contributed by atoms with Crippen LogP contribution in [0.15, 0.2) is 29.1 Å². The highest BCUT2D eigenvalue weighted by atomic mass is 19.4. The van der Waals surface area contributed by atoms with Crippen molar-refractivity contribution in [1.29, 1.82) is 0 Å². The van der Waals surface area contributed by atoms with Gasteiger partial charge in [-0.1, -0.05) is 12.1 Å². The van der Waals surface area contributed by atoms with Gasteiger partial charge in [0.15, 0.2) is 5.69 Å². The molecule has 2 rings (SSSR count). The molecule has 0 atom stereocenters. The Morgan fingerprint density at radius 1 is 1.25 bits per heavy atom. The molecule has 4 nitrogen and oxygen atoms in total. The molecule has 0 aliphatic heterocycles. The summed E-state index contributed by atoms with van der Waals surface area (Å²) in [6.07, 6.45) is -4.77. The quantitative estimate of drug-likeness (QED) is 0.921. The molecule has 106 valence electrons. The summed E-state index contributed by atoms with van der Waals surface area (Å²) in [5.74, 6) is -0.834. The van der Waals surface area contributed by atoms with Crippen LogP contribution in [-0.4, -0.2) is 9.97 Å². The van der Waals surface area contributed by atoms with Gasteiger partial charge in [-0.2, -0.15) is 13.2 Å². The number of hydrogen-bond acceptors (Lipinski definition) is 3. The highest BCUT2D eigenvalue weighted by molar-refractivity contribution is 5.35. The van der Waals surface area contributed by atoms with Crippen LogP contribution >= 0.6 is 0 Å². The average Bonchev–Trinajstić information content (AvgIpc) is 2.31. The van der Waals surface area contributed by atoms with Crippen LogP contribution in [-0.2, 0) is 6.18 Å². The molecule has 0 fully saturated rings. The molecule has 0 unspecified atom stereocenters. The minimum Gasteiger partial charge on any atom is -0.449 e. The number of aromatic nitrogens is 2. The topological polar surface area (TPSA) is 55.0 Å². The van der Waals surface area contributed by atoms with E-state index in [4.69, 9.17) is 4.74 Å². The molecular formula is C13H11F3N2O2. The Morgan fingerprint density at radius 3 is 2.55 bits per heavy atom. The number of benzene rings is 1. The van der Waals surface area contributed by atoms with Gasteiger partial charge in [0, 0.05) is 0 Å². The third-order valence-electron chi connectivity index (χ3n) is 2.47. The van der Waals surface area contributed by atoms with E-state index in [0.717, 1.165) is 5.56 Å². The Labute approximate surface area is 112 Å². The number of hydrogen-bond donors (Lipinski definition) is 1. The average molecular weight is 284 g/mol. The standard InChI is InChI=1S/C13H11F3N2O2/c1-7-4-3-5-9(6-7)20-10-11(13(14,15)16)17-8(2)18-12(10)19/h3-6H,1-2H3,(H,17,18,19). The van der Waals surface area contributed by atoms with E-state index in [2.05, 4.69) is 9.97 Å². The molecule has 1 aromatic carbocycles. The molecular weight excluding hydrogens is 273 g/mol. The molecule has 7 heteroatoms. The van der Waals surface area contributed by atoms with Crippen LogP contribution in [0.3, 0.4) is 0 Å². The number of aryl methyl sites for hydroxylation is 2. The van der Waals surface area contributed by atoms with Crippen molar-refractivity contribution in [2.24, 2.45) is 0 Å². The molecule has 0 bridgehead atoms. The zero-order valence-electron chi connectivity index (χ0n) is 10.7. The molecule has 0 saturated carbocycles. The van der Waals surface area contributed by atoms with E-state index >= 15 is 0 Å². The Balaban J connectivity index is 2.54. The van der Waals surface area contributed by atoms with Crippen molar-refractivity contribution in [3.63, 3.8) is 0 Å². The van der Waals surface area contributed by atoms with Crippen LogP contribution in [0, 0.1) is 13.8 Å². The molecule has 1 N–H and O–H groups in total. The van der Waals surface area contributed by atoms with Crippen LogP contribution in [0.4, 0.5) is 13.2 Å². The number of alkyl halides is 3. The van der Waals surface area contributed by atoms with Gasteiger partial charge in [0.05, 0.1) is 0 Å². The van der Waals surface area contributed by atoms with E-state index < -0.39 is 23.2 Å². The maximum absolute atomic E-state index is 12.9. The smallest absolute Gasteiger partial charge is 0.437 e. The summed E-state index contributed by atoms with van der Waals surface area (Å²) in [7, 11) is 0. The Bertz CT molecular complexity index is 693. The lowest BCUT2D eigenvalue weighted by Crippen LogP contribution is -2.20. The Kier molecular flexibility index (Phi) is 3.52. The summed E-state index contributed by atoms with van der Waals surface area (Å²) in [4.78, 5) is 17.2. The first-order chi connectivity index (χ1) is 9.27. The summed E-state index contributed by atoms with van der Waals surface area (Å²) < 4.78 is 43.8. The van der Waals surface area contributed by atoms with Gasteiger partial charge >= 0.3 is 6.18 Å². The molecule has 2 aromatic rings. The molecule has 0 amide bonds. The maximum Gasteiger partial charge on any atom is 0.437 e. The van der Waals surface area contributed by atoms with Crippen molar-refractivity contribution < 1.29 is 17.9 Å². The predicted molar refractivity (Wildman–Crippen MR) is 65.8 cm³/mol. The van der Waals surface area contributed by atoms with E-state index in [1.54, 1.807) is 19.1 Å². The van der Waals surface area contributed by atoms with Gasteiger partial charge in [0.2, 0.25) is 5.75 Å². The SMILES string of the molecule is Cc1cccc(Oc2c(C(F)(F)F)nc(C)[nH]c2=O)c1. The lowest BCUT2D eigenvalue weighted by molar-refractivity contribution is -0.142. The van der Waals surface area contributed by atoms with Gasteiger partial charge in [-0.05, 0) is 31.5 Å². The second-order valence-corrected chi connectivity index (χ2v) is 4.25. The monoisotopic (exact) mass is 284 g/mol. The third kappa shape index (κ3) is 2.98. The van der Waals surface area contributed by atoms with Gasteiger partial charge in [0.1, 0.15) is 11.6 Å². The number of nitrogens with zero attached hydrogens (tertiary/aromatic N) is 1. The van der Waals surface area contributed by atoms with Crippen molar-refractivity contribution in [3.8, 4) is 11.5 Å². The zero-order valence-corrected chi connectivity index (χ0v) is 10.7. The number of halogens is 3. The second-order valence-electron chi connectivity index (χ2n) is 4.25. The summed E-state index contributed by atoms with van der Waals surface area (Å²) >= 11 is 0. The van der Waals surface area contributed by atoms with Gasteiger partial charge in [-0.15, -0.1) is 0 Å². The normalized spacial score (nSPS) is 11.4. The van der Waals surface area contributed by atoms with Crippen LogP contribution in [0.5, 0.6) is 11.5 Å². The molecule has 20 heavy (non-hydrogen) atoms. The fourth-order valence-electron chi connectivity index (χ4n) is 1.66. The van der Waals surface area contributed by atoms with Gasteiger partial charge in [-0.3, -0.25) is 4.79 Å². The van der Waals surface area contributed by atoms with Gasteiger partial charge in [-0.25, -0.2) is 4.98 Å². The summed E-state index contributed by atoms with van der Waals surface area (Å²) in [5, 5.41) is 0. The van der Waals surface area contributed by atoms with Gasteiger partial charge < -0.3 is 9.72 Å². The first-order valence-electron chi connectivity index (χ1n) is 5.70. The lowest BCUT2D eigenvalue weighted by atomic mass is 10.2. The van der Waals surface area contributed by atoms with Crippen LogP contribution in [0.25, 0.3) is 0 Å². The first-order valence-corrected chi connectivity index (χ1v) is 5.70. The first kappa shape index (κ1) is 14.1. The van der Waals surface area contributed by atoms with Crippen LogP contribution in [0.1, 0.15) is 17.1 Å². The predicted octanol–water partition coefficient (Wildman–Crippen LogP) is 3.20. The van der Waals surface area contributed by atoms with Crippen molar-refractivity contribution in [2.45, 2.75) is 20.0 Å². The molecule has 0 saturated heterocycles. The minimum atomic E-state index is -4.77. The third-order valence-corrected chi connectivity index (χ3v) is 2.47. The molecule has 0 spiro atoms. The second kappa shape index (κ2) is 4.99. The van der Waals surface area contributed by atoms with Crippen molar-refractivity contribution in [1.82, 2.24) is 9.97 Å². The lowest BCUT2D eigenvalue weighted by Gasteiger charge is -2.12. The summed E-state index contributed by atoms with van der Waals surface area (Å²) in [5.41, 5.74) is -1.50. The molecule has 0 aliphatic rings. The number of H-pyrrole nitrogens is 1. The van der Waals surface area contributed by atoms with Gasteiger partial charge in [0.25, 0.3) is 5.56 Å². The minimum absolute atomic E-state index is 0.126. The van der Waals surface area contributed by atoms with Crippen LogP contribution in [0.2, 0.25) is 0 Å². The zero-order chi connectivity index (χ0) is 14.9. The maximum atomic E-state index is 12.9. The van der Waals surface area contributed by atoms with E-state index in [-0.39, 0.29) is 11.6 Å². The van der Waals surface area contributed by atoms with E-state index in [1.807, 2.05) is 0 Å². The number of nitrogens with one attached hydrogen (secondary N) is 1. The van der Waals surface area contributed by atoms with E-state index in [9.17, 15) is 18.0 Å². The Hall–Kier alpha value is -2.31. The molecule has 1 aromatic heterocycles. The number of rotatable bonds is 2. The number of aromatic amines is 1. The van der Waals surface area contributed by atoms with Crippen LogP contribution < -0.4 is 10.3 Å². The highest BCUT2D eigenvalue weighted by Crippen LogP contribution is 2.34. The van der Waals surface area contributed by atoms with E-state index in [1.165, 1.54) is 19.1 Å². The summed E-state index contributed by atoms with van der Waals surface area (Å²) in [6, 6.07) is 6.37. The Morgan fingerprint density at radius 2 is 1.95 bits per heavy atom. The molecule has 1 heterocycles. The largest absolute Gasteiger partial charge is 0.449 e. The highest BCUT2D eigenvalue weighted by Gasteiger charge is 2.38. The molecule has 0 radical (unpaired) electrons. The number of ether oxygens (including phenoxy) is 1. The fraction of sp³-hybridized carbons (Fsp3) is 0.231. The van der Waals surface area contributed by atoms with Crippen molar-refractivity contribution >= 4 is 0 Å². The fourth-order valence-corrected chi connectivity index (χ4v) is 1.66. The van der Waals surface area contributed by atoms with E-state index in [0.29, 0.717) is 0 Å².